The van der Waals surface area contributed by atoms with Crippen molar-refractivity contribution in [2.24, 2.45) is 13.0 Å². The molecule has 1 amide bonds. The van der Waals surface area contributed by atoms with Crippen molar-refractivity contribution in [3.8, 4) is 11.3 Å². The van der Waals surface area contributed by atoms with E-state index in [2.05, 4.69) is 34.5 Å². The third kappa shape index (κ3) is 4.05. The van der Waals surface area contributed by atoms with Gasteiger partial charge in [-0.15, -0.1) is 10.2 Å². The third-order valence-corrected chi connectivity index (χ3v) is 4.72. The minimum absolute atomic E-state index is 0.277. The Morgan fingerprint density at radius 1 is 1.32 bits per heavy atom. The molecule has 0 bridgehead atoms. The summed E-state index contributed by atoms with van der Waals surface area (Å²) < 4.78 is 1.53. The molecule has 2 heterocycles. The van der Waals surface area contributed by atoms with Gasteiger partial charge in [0.05, 0.1) is 10.7 Å². The largest absolute Gasteiger partial charge is 0.295 e. The van der Waals surface area contributed by atoms with Gasteiger partial charge in [-0.3, -0.25) is 14.8 Å². The molecule has 0 aliphatic carbocycles. The minimum atomic E-state index is -0.277. The van der Waals surface area contributed by atoms with E-state index in [4.69, 9.17) is 11.6 Å². The van der Waals surface area contributed by atoms with Crippen molar-refractivity contribution in [3.05, 3.63) is 46.1 Å². The summed E-state index contributed by atoms with van der Waals surface area (Å²) in [7, 11) is 1.72. The number of anilines is 1. The molecule has 2 aromatic heterocycles. The fourth-order valence-electron chi connectivity index (χ4n) is 2.38. The number of rotatable bonds is 5. The molecule has 3 aromatic rings. The maximum atomic E-state index is 12.5. The fraction of sp³-hybridized carbons (Fsp3) is 0.294. The Labute approximate surface area is 154 Å². The lowest BCUT2D eigenvalue weighted by Gasteiger charge is -2.00. The molecular weight excluding hydrogens is 358 g/mol. The first-order valence-corrected chi connectivity index (χ1v) is 9.06. The molecule has 130 valence electrons. The van der Waals surface area contributed by atoms with Crippen molar-refractivity contribution in [2.45, 2.75) is 20.3 Å². The fourth-order valence-corrected chi connectivity index (χ4v) is 3.56. The maximum absolute atomic E-state index is 12.5. The molecule has 0 aliphatic heterocycles. The van der Waals surface area contributed by atoms with Crippen molar-refractivity contribution in [3.63, 3.8) is 0 Å². The first-order valence-electron chi connectivity index (χ1n) is 7.86. The van der Waals surface area contributed by atoms with E-state index in [1.165, 1.54) is 16.0 Å². The number of carbonyl (C=O) groups excluding carboxylic acids is 1. The Balaban J connectivity index is 1.79. The zero-order chi connectivity index (χ0) is 18.0. The number of halogens is 1. The summed E-state index contributed by atoms with van der Waals surface area (Å²) in [4.78, 5) is 12.5. The lowest BCUT2D eigenvalue weighted by molar-refractivity contribution is 0.101. The van der Waals surface area contributed by atoms with E-state index in [9.17, 15) is 4.79 Å². The predicted octanol–water partition coefficient (Wildman–Crippen LogP) is 4.04. The van der Waals surface area contributed by atoms with E-state index in [1.54, 1.807) is 19.2 Å². The van der Waals surface area contributed by atoms with Crippen molar-refractivity contribution < 1.29 is 4.79 Å². The summed E-state index contributed by atoms with van der Waals surface area (Å²) in [6, 6.07) is 9.12. The van der Waals surface area contributed by atoms with Gasteiger partial charge < -0.3 is 0 Å². The highest BCUT2D eigenvalue weighted by Gasteiger charge is 2.17. The van der Waals surface area contributed by atoms with Gasteiger partial charge in [0.25, 0.3) is 5.91 Å². The van der Waals surface area contributed by atoms with E-state index >= 15 is 0 Å². The lowest BCUT2D eigenvalue weighted by atomic mass is 10.1. The first kappa shape index (κ1) is 17.6. The predicted molar refractivity (Wildman–Crippen MR) is 100 cm³/mol. The topological polar surface area (TPSA) is 72.7 Å². The summed E-state index contributed by atoms with van der Waals surface area (Å²) in [5.41, 5.74) is 1.86. The van der Waals surface area contributed by atoms with Gasteiger partial charge in [0, 0.05) is 19.0 Å². The second kappa shape index (κ2) is 7.33. The highest BCUT2D eigenvalue weighted by Crippen LogP contribution is 2.27. The average molecular weight is 376 g/mol. The number of nitrogens with one attached hydrogen (secondary N) is 1. The highest BCUT2D eigenvalue weighted by atomic mass is 35.5. The minimum Gasteiger partial charge on any atom is -0.295 e. The monoisotopic (exact) mass is 375 g/mol. The molecule has 0 radical (unpaired) electrons. The standard InChI is InChI=1S/C17H18ClN5OS/c1-10(2)8-15-20-21-17(25-15)19-16(24)14-9-13(22-23(14)3)11-6-4-5-7-12(11)18/h4-7,9-10H,8H2,1-3H3,(H,19,21,24). The van der Waals surface area contributed by atoms with Crippen LogP contribution in [0.2, 0.25) is 5.02 Å². The summed E-state index contributed by atoms with van der Waals surface area (Å²) >= 11 is 7.60. The molecule has 0 spiro atoms. The molecule has 1 N–H and O–H groups in total. The summed E-state index contributed by atoms with van der Waals surface area (Å²) in [6.45, 7) is 4.23. The van der Waals surface area contributed by atoms with Crippen LogP contribution in [0.5, 0.6) is 0 Å². The SMILES string of the molecule is CC(C)Cc1nnc(NC(=O)c2cc(-c3ccccc3Cl)nn2C)s1. The van der Waals surface area contributed by atoms with Gasteiger partial charge in [0.15, 0.2) is 0 Å². The van der Waals surface area contributed by atoms with E-state index in [-0.39, 0.29) is 5.91 Å². The third-order valence-electron chi connectivity index (χ3n) is 3.53. The molecule has 3 rings (SSSR count). The maximum Gasteiger partial charge on any atom is 0.275 e. The van der Waals surface area contributed by atoms with E-state index < -0.39 is 0 Å². The molecule has 0 fully saturated rings. The van der Waals surface area contributed by atoms with Crippen LogP contribution >= 0.6 is 22.9 Å². The summed E-state index contributed by atoms with van der Waals surface area (Å²) in [5, 5.41) is 17.3. The average Bonchev–Trinajstić information content (AvgIpc) is 3.13. The van der Waals surface area contributed by atoms with Crippen molar-refractivity contribution >= 4 is 34.0 Å². The van der Waals surface area contributed by atoms with Gasteiger partial charge in [0.2, 0.25) is 5.13 Å². The molecule has 25 heavy (non-hydrogen) atoms. The van der Waals surface area contributed by atoms with Crippen LogP contribution in [-0.2, 0) is 13.5 Å². The van der Waals surface area contributed by atoms with Gasteiger partial charge in [-0.2, -0.15) is 5.10 Å². The van der Waals surface area contributed by atoms with Crippen LogP contribution < -0.4 is 5.32 Å². The zero-order valence-electron chi connectivity index (χ0n) is 14.2. The van der Waals surface area contributed by atoms with E-state index in [0.29, 0.717) is 27.5 Å². The normalized spacial score (nSPS) is 11.1. The Kier molecular flexibility index (Phi) is 5.15. The molecule has 6 nitrogen and oxygen atoms in total. The zero-order valence-corrected chi connectivity index (χ0v) is 15.7. The van der Waals surface area contributed by atoms with Crippen molar-refractivity contribution in [2.75, 3.05) is 5.32 Å². The van der Waals surface area contributed by atoms with Crippen LogP contribution in [-0.4, -0.2) is 25.9 Å². The number of hydrogen-bond acceptors (Lipinski definition) is 5. The second-order valence-electron chi connectivity index (χ2n) is 6.07. The number of hydrogen-bond donors (Lipinski definition) is 1. The Morgan fingerprint density at radius 3 is 2.80 bits per heavy atom. The van der Waals surface area contributed by atoms with E-state index in [0.717, 1.165) is 17.0 Å². The molecular formula is C17H18ClN5OS. The second-order valence-corrected chi connectivity index (χ2v) is 7.54. The van der Waals surface area contributed by atoms with Crippen LogP contribution in [0.1, 0.15) is 29.3 Å². The van der Waals surface area contributed by atoms with Crippen LogP contribution in [0.25, 0.3) is 11.3 Å². The molecule has 0 atom stereocenters. The number of carbonyl (C=O) groups is 1. The van der Waals surface area contributed by atoms with Gasteiger partial charge in [-0.25, -0.2) is 0 Å². The Hall–Kier alpha value is -2.25. The first-order chi connectivity index (χ1) is 11.9. The molecule has 8 heteroatoms. The lowest BCUT2D eigenvalue weighted by Crippen LogP contribution is -2.15. The number of nitrogens with zero attached hydrogens (tertiary/aromatic N) is 4. The van der Waals surface area contributed by atoms with Crippen LogP contribution in [0.3, 0.4) is 0 Å². The van der Waals surface area contributed by atoms with Gasteiger partial charge in [0.1, 0.15) is 10.7 Å². The summed E-state index contributed by atoms with van der Waals surface area (Å²) in [6.07, 6.45) is 0.843. The summed E-state index contributed by atoms with van der Waals surface area (Å²) in [5.74, 6) is 0.215. The molecule has 1 aromatic carbocycles. The highest BCUT2D eigenvalue weighted by molar-refractivity contribution is 7.15. The van der Waals surface area contributed by atoms with Crippen LogP contribution in [0.4, 0.5) is 5.13 Å². The smallest absolute Gasteiger partial charge is 0.275 e. The van der Waals surface area contributed by atoms with Gasteiger partial charge >= 0.3 is 0 Å². The molecule has 0 unspecified atom stereocenters. The van der Waals surface area contributed by atoms with Gasteiger partial charge in [-0.05, 0) is 18.1 Å². The number of aryl methyl sites for hydroxylation is 1. The van der Waals surface area contributed by atoms with Crippen molar-refractivity contribution in [1.82, 2.24) is 20.0 Å². The van der Waals surface area contributed by atoms with Crippen molar-refractivity contribution in [1.29, 1.82) is 0 Å². The number of benzene rings is 1. The van der Waals surface area contributed by atoms with Crippen LogP contribution in [0.15, 0.2) is 30.3 Å². The van der Waals surface area contributed by atoms with Gasteiger partial charge in [-0.1, -0.05) is 55.0 Å². The molecule has 0 saturated heterocycles. The molecule has 0 saturated carbocycles. The van der Waals surface area contributed by atoms with Crippen LogP contribution in [0, 0.1) is 5.92 Å². The molecule has 0 aliphatic rings. The Morgan fingerprint density at radius 2 is 2.08 bits per heavy atom. The number of amides is 1. The number of aromatic nitrogens is 4. The quantitative estimate of drug-likeness (QED) is 0.730. The Bertz CT molecular complexity index is 902. The van der Waals surface area contributed by atoms with E-state index in [1.807, 2.05) is 18.2 Å².